The average molecular weight is 364 g/mol. The third kappa shape index (κ3) is 5.56. The molecule has 1 unspecified atom stereocenters. The third-order valence-electron chi connectivity index (χ3n) is 4.97. The number of carbonyl (C=O) groups excluding carboxylic acids is 2. The fourth-order valence-corrected chi connectivity index (χ4v) is 3.61. The van der Waals surface area contributed by atoms with E-state index in [-0.39, 0.29) is 24.8 Å². The second-order valence-electron chi connectivity index (χ2n) is 6.90. The SMILES string of the molecule is CCOC(=O)CCN(CC1CCCN1CC)C(=O)Cn1nc(C)cc1C. The average Bonchev–Trinajstić information content (AvgIpc) is 3.17. The number of aromatic nitrogens is 2. The van der Waals surface area contributed by atoms with Gasteiger partial charge in [0.15, 0.2) is 0 Å². The summed E-state index contributed by atoms with van der Waals surface area (Å²) in [5.74, 6) is -0.251. The van der Waals surface area contributed by atoms with Gasteiger partial charge in [-0.2, -0.15) is 5.10 Å². The number of rotatable bonds is 9. The van der Waals surface area contributed by atoms with Gasteiger partial charge in [0, 0.05) is 24.8 Å². The Morgan fingerprint density at radius 3 is 2.73 bits per heavy atom. The fourth-order valence-electron chi connectivity index (χ4n) is 3.61. The Bertz CT molecular complexity index is 614. The molecule has 0 saturated carbocycles. The van der Waals surface area contributed by atoms with Gasteiger partial charge >= 0.3 is 5.97 Å². The first kappa shape index (κ1) is 20.4. The number of likely N-dealkylation sites (N-methyl/N-ethyl adjacent to an activating group) is 1. The number of ether oxygens (including phenoxy) is 1. The van der Waals surface area contributed by atoms with E-state index in [0.29, 0.717) is 25.7 Å². The van der Waals surface area contributed by atoms with Crippen LogP contribution >= 0.6 is 0 Å². The number of esters is 1. The van der Waals surface area contributed by atoms with Crippen LogP contribution in [0.5, 0.6) is 0 Å². The van der Waals surface area contributed by atoms with Crippen molar-refractivity contribution < 1.29 is 14.3 Å². The molecule has 1 atom stereocenters. The summed E-state index contributed by atoms with van der Waals surface area (Å²) in [4.78, 5) is 28.9. The van der Waals surface area contributed by atoms with Crippen molar-refractivity contribution in [1.29, 1.82) is 0 Å². The highest BCUT2D eigenvalue weighted by Gasteiger charge is 2.27. The maximum absolute atomic E-state index is 12.9. The molecule has 0 spiro atoms. The lowest BCUT2D eigenvalue weighted by molar-refractivity contribution is -0.144. The van der Waals surface area contributed by atoms with Gasteiger partial charge in [-0.3, -0.25) is 19.2 Å². The van der Waals surface area contributed by atoms with Gasteiger partial charge in [0.1, 0.15) is 6.54 Å². The molecule has 2 rings (SSSR count). The number of hydrogen-bond acceptors (Lipinski definition) is 5. The Morgan fingerprint density at radius 1 is 1.35 bits per heavy atom. The van der Waals surface area contributed by atoms with E-state index in [0.717, 1.165) is 37.3 Å². The molecule has 1 aliphatic rings. The van der Waals surface area contributed by atoms with Crippen molar-refractivity contribution in [2.75, 3.05) is 32.8 Å². The third-order valence-corrected chi connectivity index (χ3v) is 4.97. The van der Waals surface area contributed by atoms with Crippen LogP contribution in [0.2, 0.25) is 0 Å². The summed E-state index contributed by atoms with van der Waals surface area (Å²) in [5.41, 5.74) is 1.87. The Hall–Kier alpha value is -1.89. The second kappa shape index (κ2) is 9.71. The topological polar surface area (TPSA) is 67.7 Å². The van der Waals surface area contributed by atoms with Gasteiger partial charge in [0.2, 0.25) is 5.91 Å². The summed E-state index contributed by atoms with van der Waals surface area (Å²) in [5, 5.41) is 4.39. The van der Waals surface area contributed by atoms with Crippen LogP contribution in [0, 0.1) is 13.8 Å². The van der Waals surface area contributed by atoms with Crippen molar-refractivity contribution in [1.82, 2.24) is 19.6 Å². The van der Waals surface area contributed by atoms with Crippen LogP contribution in [0.3, 0.4) is 0 Å². The number of nitrogens with zero attached hydrogens (tertiary/aromatic N) is 4. The lowest BCUT2D eigenvalue weighted by Gasteiger charge is -2.30. The zero-order valence-corrected chi connectivity index (χ0v) is 16.5. The second-order valence-corrected chi connectivity index (χ2v) is 6.90. The van der Waals surface area contributed by atoms with E-state index in [1.54, 1.807) is 11.6 Å². The number of hydrogen-bond donors (Lipinski definition) is 0. The number of aryl methyl sites for hydroxylation is 2. The van der Waals surface area contributed by atoms with E-state index in [9.17, 15) is 9.59 Å². The molecule has 0 N–H and O–H groups in total. The van der Waals surface area contributed by atoms with E-state index >= 15 is 0 Å². The predicted octanol–water partition coefficient (Wildman–Crippen LogP) is 1.77. The van der Waals surface area contributed by atoms with Crippen LogP contribution in [0.4, 0.5) is 0 Å². The summed E-state index contributed by atoms with van der Waals surface area (Å²) in [6.07, 6.45) is 2.49. The molecule has 7 heteroatoms. The molecule has 1 saturated heterocycles. The van der Waals surface area contributed by atoms with E-state index in [4.69, 9.17) is 4.74 Å². The van der Waals surface area contributed by atoms with Crippen molar-refractivity contribution in [2.45, 2.75) is 59.5 Å². The molecule has 1 amide bonds. The van der Waals surface area contributed by atoms with Crippen LogP contribution in [-0.4, -0.2) is 70.3 Å². The highest BCUT2D eigenvalue weighted by molar-refractivity contribution is 5.77. The highest BCUT2D eigenvalue weighted by Crippen LogP contribution is 2.18. The molecule has 26 heavy (non-hydrogen) atoms. The first-order chi connectivity index (χ1) is 12.4. The van der Waals surface area contributed by atoms with Crippen molar-refractivity contribution in [3.05, 3.63) is 17.5 Å². The zero-order valence-electron chi connectivity index (χ0n) is 16.5. The molecule has 0 aliphatic carbocycles. The summed E-state index contributed by atoms with van der Waals surface area (Å²) >= 11 is 0. The Kier molecular flexibility index (Phi) is 7.63. The molecule has 0 aromatic carbocycles. The molecule has 1 fully saturated rings. The van der Waals surface area contributed by atoms with Gasteiger partial charge in [0.25, 0.3) is 0 Å². The van der Waals surface area contributed by atoms with Crippen molar-refractivity contribution >= 4 is 11.9 Å². The molecule has 0 radical (unpaired) electrons. The molecule has 146 valence electrons. The van der Waals surface area contributed by atoms with Gasteiger partial charge in [-0.1, -0.05) is 6.92 Å². The lowest BCUT2D eigenvalue weighted by atomic mass is 10.2. The first-order valence-electron chi connectivity index (χ1n) is 9.63. The predicted molar refractivity (Wildman–Crippen MR) is 99.8 cm³/mol. The van der Waals surface area contributed by atoms with E-state index < -0.39 is 0 Å². The fraction of sp³-hybridized carbons (Fsp3) is 0.737. The molecule has 1 aromatic heterocycles. The Balaban J connectivity index is 2.04. The standard InChI is InChI=1S/C19H32N4O3/c1-5-21-10-7-8-17(21)13-22(11-9-19(25)26-6-2)18(24)14-23-16(4)12-15(3)20-23/h12,17H,5-11,13-14H2,1-4H3. The number of carbonyl (C=O) groups is 2. The van der Waals surface area contributed by atoms with Crippen molar-refractivity contribution in [3.63, 3.8) is 0 Å². The molecule has 1 aromatic rings. The molecule has 7 nitrogen and oxygen atoms in total. The van der Waals surface area contributed by atoms with Crippen LogP contribution in [0.25, 0.3) is 0 Å². The minimum absolute atomic E-state index is 0.00320. The normalized spacial score (nSPS) is 17.5. The Morgan fingerprint density at radius 2 is 2.12 bits per heavy atom. The smallest absolute Gasteiger partial charge is 0.307 e. The van der Waals surface area contributed by atoms with E-state index in [1.807, 2.05) is 24.8 Å². The van der Waals surface area contributed by atoms with Gasteiger partial charge in [-0.05, 0) is 52.8 Å². The van der Waals surface area contributed by atoms with E-state index in [2.05, 4.69) is 16.9 Å². The largest absolute Gasteiger partial charge is 0.466 e. The van der Waals surface area contributed by atoms with Crippen LogP contribution < -0.4 is 0 Å². The first-order valence-corrected chi connectivity index (χ1v) is 9.63. The van der Waals surface area contributed by atoms with Crippen molar-refractivity contribution in [2.24, 2.45) is 0 Å². The van der Waals surface area contributed by atoms with Crippen LogP contribution in [-0.2, 0) is 20.9 Å². The molecular weight excluding hydrogens is 332 g/mol. The van der Waals surface area contributed by atoms with Gasteiger partial charge < -0.3 is 9.64 Å². The summed E-state index contributed by atoms with van der Waals surface area (Å²) in [6, 6.07) is 2.33. The van der Waals surface area contributed by atoms with Gasteiger partial charge in [-0.25, -0.2) is 0 Å². The molecule has 0 bridgehead atoms. The monoisotopic (exact) mass is 364 g/mol. The summed E-state index contributed by atoms with van der Waals surface area (Å²) < 4.78 is 6.76. The van der Waals surface area contributed by atoms with E-state index in [1.165, 1.54) is 0 Å². The Labute approximate surface area is 156 Å². The number of likely N-dealkylation sites (tertiary alicyclic amines) is 1. The van der Waals surface area contributed by atoms with Crippen LogP contribution in [0.15, 0.2) is 6.07 Å². The minimum Gasteiger partial charge on any atom is -0.466 e. The zero-order chi connectivity index (χ0) is 19.1. The lowest BCUT2D eigenvalue weighted by Crippen LogP contribution is -2.45. The summed E-state index contributed by atoms with van der Waals surface area (Å²) in [6.45, 7) is 11.5. The summed E-state index contributed by atoms with van der Waals surface area (Å²) in [7, 11) is 0. The maximum Gasteiger partial charge on any atom is 0.307 e. The highest BCUT2D eigenvalue weighted by atomic mass is 16.5. The molecule has 1 aliphatic heterocycles. The van der Waals surface area contributed by atoms with Crippen molar-refractivity contribution in [3.8, 4) is 0 Å². The van der Waals surface area contributed by atoms with Crippen LogP contribution in [0.1, 0.15) is 44.5 Å². The minimum atomic E-state index is -0.254. The maximum atomic E-state index is 12.9. The molecular formula is C19H32N4O3. The van der Waals surface area contributed by atoms with Gasteiger partial charge in [-0.15, -0.1) is 0 Å². The molecule has 2 heterocycles. The van der Waals surface area contributed by atoms with Gasteiger partial charge in [0.05, 0.1) is 18.7 Å². The number of amides is 1. The quantitative estimate of drug-likeness (QED) is 0.625.